The largest absolute Gasteiger partial charge is 0.480 e. The van der Waals surface area contributed by atoms with E-state index in [1.807, 2.05) is 6.26 Å². The number of amides is 3. The second kappa shape index (κ2) is 17.8. The van der Waals surface area contributed by atoms with E-state index in [0.29, 0.717) is 50.9 Å². The molecule has 0 rings (SSSR count). The molecule has 0 saturated heterocycles. The van der Waals surface area contributed by atoms with Crippen LogP contribution in [0.3, 0.4) is 0 Å². The summed E-state index contributed by atoms with van der Waals surface area (Å²) < 4.78 is 0. The van der Waals surface area contributed by atoms with E-state index in [-0.39, 0.29) is 6.42 Å². The van der Waals surface area contributed by atoms with Crippen LogP contribution in [-0.2, 0) is 19.2 Å². The molecule has 3 amide bonds. The Kier molecular flexibility index (Phi) is 16.7. The van der Waals surface area contributed by atoms with Crippen LogP contribution < -0.4 is 33.2 Å². The molecule has 0 spiro atoms. The number of nitrogens with two attached hydrogens (primary N) is 3. The Morgan fingerprint density at radius 3 is 2.03 bits per heavy atom. The van der Waals surface area contributed by atoms with Gasteiger partial charge in [0.1, 0.15) is 12.1 Å². The van der Waals surface area contributed by atoms with Crippen LogP contribution in [0.1, 0.15) is 44.9 Å². The molecule has 0 aliphatic carbocycles. The van der Waals surface area contributed by atoms with Crippen LogP contribution >= 0.6 is 11.8 Å². The lowest BCUT2D eigenvalue weighted by Gasteiger charge is -2.21. The molecule has 0 aromatic carbocycles. The van der Waals surface area contributed by atoms with E-state index >= 15 is 0 Å². The van der Waals surface area contributed by atoms with Gasteiger partial charge in [0.25, 0.3) is 0 Å². The van der Waals surface area contributed by atoms with Crippen LogP contribution in [-0.4, -0.2) is 78.6 Å². The fourth-order valence-corrected chi connectivity index (χ4v) is 3.18. The quantitative estimate of drug-likeness (QED) is 0.118. The average Bonchev–Trinajstić information content (AvgIpc) is 2.74. The number of nitrogens with one attached hydrogen (secondary N) is 3. The van der Waals surface area contributed by atoms with Gasteiger partial charge in [-0.25, -0.2) is 4.79 Å². The first-order valence-electron chi connectivity index (χ1n) is 10.5. The molecule has 10 N–H and O–H groups in total. The zero-order valence-electron chi connectivity index (χ0n) is 18.2. The molecule has 12 heteroatoms. The molecule has 0 aromatic rings. The minimum Gasteiger partial charge on any atom is -0.480 e. The third-order valence-corrected chi connectivity index (χ3v) is 5.20. The molecule has 0 aliphatic rings. The maximum absolute atomic E-state index is 12.5. The van der Waals surface area contributed by atoms with E-state index in [0.717, 1.165) is 6.42 Å². The lowest BCUT2D eigenvalue weighted by Crippen LogP contribution is -2.53. The summed E-state index contributed by atoms with van der Waals surface area (Å²) in [6, 6.07) is -2.64. The molecule has 11 nitrogen and oxygen atoms in total. The Balaban J connectivity index is 4.76. The van der Waals surface area contributed by atoms with Crippen molar-refractivity contribution in [2.24, 2.45) is 17.2 Å². The second-order valence-electron chi connectivity index (χ2n) is 7.19. The summed E-state index contributed by atoms with van der Waals surface area (Å²) in [5.74, 6) is -2.16. The minimum atomic E-state index is -1.13. The Morgan fingerprint density at radius 2 is 1.48 bits per heavy atom. The molecular formula is C19H38N6O5S. The predicted molar refractivity (Wildman–Crippen MR) is 121 cm³/mol. The van der Waals surface area contributed by atoms with Crippen LogP contribution in [0.5, 0.6) is 0 Å². The standard InChI is InChI=1S/C19H38N6O5S/c1-31-11-8-15(19(29)30)24-16(26)12-23-18(28)14(7-3-5-10-21)25-17(27)13(22)6-2-4-9-20/h13-15H,2-12,20-22H2,1H3,(H,23,28)(H,24,26)(H,25,27)(H,29,30). The Morgan fingerprint density at radius 1 is 0.871 bits per heavy atom. The van der Waals surface area contributed by atoms with Gasteiger partial charge in [0, 0.05) is 0 Å². The molecule has 3 atom stereocenters. The Labute approximate surface area is 188 Å². The maximum Gasteiger partial charge on any atom is 0.326 e. The van der Waals surface area contributed by atoms with Gasteiger partial charge in [-0.3, -0.25) is 14.4 Å². The highest BCUT2D eigenvalue weighted by molar-refractivity contribution is 7.98. The van der Waals surface area contributed by atoms with Crippen LogP contribution in [0, 0.1) is 0 Å². The van der Waals surface area contributed by atoms with Gasteiger partial charge in [0.2, 0.25) is 17.7 Å². The van der Waals surface area contributed by atoms with Gasteiger partial charge in [-0.2, -0.15) is 11.8 Å². The maximum atomic E-state index is 12.5. The van der Waals surface area contributed by atoms with Gasteiger partial charge in [-0.1, -0.05) is 6.42 Å². The zero-order chi connectivity index (χ0) is 23.6. The summed E-state index contributed by atoms with van der Waals surface area (Å²) in [5, 5.41) is 16.7. The first-order valence-corrected chi connectivity index (χ1v) is 11.9. The number of thioether (sulfide) groups is 1. The molecule has 0 saturated carbocycles. The van der Waals surface area contributed by atoms with Crippen molar-refractivity contribution in [2.45, 2.75) is 63.1 Å². The van der Waals surface area contributed by atoms with Gasteiger partial charge in [-0.05, 0) is 63.6 Å². The van der Waals surface area contributed by atoms with Crippen molar-refractivity contribution in [3.63, 3.8) is 0 Å². The van der Waals surface area contributed by atoms with Crippen LogP contribution in [0.4, 0.5) is 0 Å². The summed E-state index contributed by atoms with van der Waals surface area (Å²) in [7, 11) is 0. The molecule has 0 fully saturated rings. The SMILES string of the molecule is CSCCC(NC(=O)CNC(=O)C(CCCCN)NC(=O)C(N)CCCCN)C(=O)O. The molecule has 0 radical (unpaired) electrons. The number of carboxylic acids is 1. The van der Waals surface area contributed by atoms with Crippen molar-refractivity contribution in [2.75, 3.05) is 31.6 Å². The van der Waals surface area contributed by atoms with Crippen molar-refractivity contribution in [3.05, 3.63) is 0 Å². The van der Waals surface area contributed by atoms with Crippen LogP contribution in [0.25, 0.3) is 0 Å². The number of unbranched alkanes of at least 4 members (excludes halogenated alkanes) is 2. The smallest absolute Gasteiger partial charge is 0.326 e. The van der Waals surface area contributed by atoms with Crippen molar-refractivity contribution in [1.82, 2.24) is 16.0 Å². The number of carbonyl (C=O) groups is 4. The fourth-order valence-electron chi connectivity index (χ4n) is 2.71. The molecule has 3 unspecified atom stereocenters. The number of carbonyl (C=O) groups excluding carboxylic acids is 3. The molecule has 0 aromatic heterocycles. The van der Waals surface area contributed by atoms with Crippen molar-refractivity contribution >= 4 is 35.5 Å². The normalized spacial score (nSPS) is 13.7. The van der Waals surface area contributed by atoms with Gasteiger partial charge in [-0.15, -0.1) is 0 Å². The van der Waals surface area contributed by atoms with E-state index in [1.165, 1.54) is 11.8 Å². The van der Waals surface area contributed by atoms with E-state index in [1.54, 1.807) is 0 Å². The first-order chi connectivity index (χ1) is 14.8. The highest BCUT2D eigenvalue weighted by atomic mass is 32.2. The van der Waals surface area contributed by atoms with Crippen LogP contribution in [0.2, 0.25) is 0 Å². The average molecular weight is 463 g/mol. The van der Waals surface area contributed by atoms with Crippen LogP contribution in [0.15, 0.2) is 0 Å². The van der Waals surface area contributed by atoms with E-state index < -0.39 is 48.4 Å². The summed E-state index contributed by atoms with van der Waals surface area (Å²) in [5.41, 5.74) is 16.8. The van der Waals surface area contributed by atoms with Gasteiger partial charge < -0.3 is 38.3 Å². The highest BCUT2D eigenvalue weighted by Crippen LogP contribution is 2.04. The van der Waals surface area contributed by atoms with Crippen molar-refractivity contribution < 1.29 is 24.3 Å². The molecular weight excluding hydrogens is 424 g/mol. The molecule has 31 heavy (non-hydrogen) atoms. The zero-order valence-corrected chi connectivity index (χ0v) is 19.0. The number of hydrogen-bond acceptors (Lipinski definition) is 8. The summed E-state index contributed by atoms with van der Waals surface area (Å²) >= 11 is 1.47. The van der Waals surface area contributed by atoms with E-state index in [4.69, 9.17) is 17.2 Å². The number of aliphatic carboxylic acids is 1. The highest BCUT2D eigenvalue weighted by Gasteiger charge is 2.24. The van der Waals surface area contributed by atoms with Crippen molar-refractivity contribution in [3.8, 4) is 0 Å². The number of rotatable bonds is 18. The van der Waals surface area contributed by atoms with E-state index in [9.17, 15) is 24.3 Å². The van der Waals surface area contributed by atoms with Crippen molar-refractivity contribution in [1.29, 1.82) is 0 Å². The lowest BCUT2D eigenvalue weighted by molar-refractivity contribution is -0.141. The predicted octanol–water partition coefficient (Wildman–Crippen LogP) is -1.50. The number of hydrogen-bond donors (Lipinski definition) is 7. The third-order valence-electron chi connectivity index (χ3n) is 4.55. The Hall–Kier alpha value is -1.89. The summed E-state index contributed by atoms with van der Waals surface area (Å²) in [4.78, 5) is 48.1. The molecule has 0 heterocycles. The first kappa shape index (κ1) is 29.1. The van der Waals surface area contributed by atoms with Gasteiger partial charge in [0.15, 0.2) is 0 Å². The Bertz CT molecular complexity index is 566. The molecule has 0 aliphatic heterocycles. The summed E-state index contributed by atoms with van der Waals surface area (Å²) in [6.07, 6.45) is 5.66. The fraction of sp³-hybridized carbons (Fsp3) is 0.789. The number of carboxylic acid groups (broad SMARTS) is 1. The lowest BCUT2D eigenvalue weighted by atomic mass is 10.1. The van der Waals surface area contributed by atoms with Gasteiger partial charge >= 0.3 is 5.97 Å². The molecule has 180 valence electrons. The third kappa shape index (κ3) is 13.9. The minimum absolute atomic E-state index is 0.274. The molecule has 0 bridgehead atoms. The monoisotopic (exact) mass is 462 g/mol. The van der Waals surface area contributed by atoms with E-state index in [2.05, 4.69) is 16.0 Å². The summed E-state index contributed by atoms with van der Waals surface area (Å²) in [6.45, 7) is 0.574. The van der Waals surface area contributed by atoms with Gasteiger partial charge in [0.05, 0.1) is 12.6 Å². The second-order valence-corrected chi connectivity index (χ2v) is 8.18. The topological polar surface area (TPSA) is 203 Å².